The Hall–Kier alpha value is -1.87. The standard InChI is InChI=1S/C18H22N6OS2/c1-8-3-6-11-12(7-8)27-17-13(11)16(25)20-14(21-17)9(2)26-18-23-22-15(24(18)19)10-4-5-10/h8-10H,3-7,19H2,1-2H3,(H,20,21,25)/t8-,9-/m0/s1. The Kier molecular flexibility index (Phi) is 4.05. The molecule has 27 heavy (non-hydrogen) atoms. The summed E-state index contributed by atoms with van der Waals surface area (Å²) in [5.41, 5.74) is 1.19. The number of nitrogens with one attached hydrogen (secondary N) is 1. The van der Waals surface area contributed by atoms with E-state index in [1.165, 1.54) is 22.2 Å². The number of aromatic amines is 1. The zero-order chi connectivity index (χ0) is 18.7. The summed E-state index contributed by atoms with van der Waals surface area (Å²) >= 11 is 3.15. The van der Waals surface area contributed by atoms with Crippen molar-refractivity contribution in [3.63, 3.8) is 0 Å². The molecule has 3 heterocycles. The molecule has 2 aliphatic carbocycles. The van der Waals surface area contributed by atoms with Gasteiger partial charge in [0.05, 0.1) is 10.6 Å². The average molecular weight is 403 g/mol. The number of nitrogen functional groups attached to an aromatic ring is 1. The number of H-pyrrole nitrogens is 1. The molecule has 9 heteroatoms. The van der Waals surface area contributed by atoms with Crippen molar-refractivity contribution in [2.75, 3.05) is 5.84 Å². The fourth-order valence-electron chi connectivity index (χ4n) is 3.76. The van der Waals surface area contributed by atoms with Gasteiger partial charge in [-0.1, -0.05) is 18.7 Å². The van der Waals surface area contributed by atoms with E-state index in [0.29, 0.717) is 22.8 Å². The Labute approximate surface area is 164 Å². The molecule has 0 amide bonds. The number of fused-ring (bicyclic) bond motifs is 3. The maximum Gasteiger partial charge on any atom is 0.259 e. The van der Waals surface area contributed by atoms with Gasteiger partial charge in [0.2, 0.25) is 5.16 Å². The summed E-state index contributed by atoms with van der Waals surface area (Å²) in [7, 11) is 0. The second-order valence-electron chi connectivity index (χ2n) is 7.73. The number of aryl methyl sites for hydroxylation is 1. The monoisotopic (exact) mass is 402 g/mol. The Morgan fingerprint density at radius 2 is 2.15 bits per heavy atom. The summed E-state index contributed by atoms with van der Waals surface area (Å²) in [4.78, 5) is 22.8. The normalized spacial score (nSPS) is 20.7. The third-order valence-corrected chi connectivity index (χ3v) is 7.70. The zero-order valence-corrected chi connectivity index (χ0v) is 17.0. The van der Waals surface area contributed by atoms with Crippen LogP contribution in [0.4, 0.5) is 0 Å². The third kappa shape index (κ3) is 2.97. The molecule has 3 aromatic rings. The molecule has 1 fully saturated rings. The molecule has 0 bridgehead atoms. The summed E-state index contributed by atoms with van der Waals surface area (Å²) in [6.45, 7) is 4.28. The summed E-state index contributed by atoms with van der Waals surface area (Å²) in [5, 5.41) is 9.82. The number of hydrogen-bond donors (Lipinski definition) is 2. The number of thioether (sulfide) groups is 1. The Morgan fingerprint density at radius 3 is 2.93 bits per heavy atom. The lowest BCUT2D eigenvalue weighted by Crippen LogP contribution is -2.16. The molecule has 0 unspecified atom stereocenters. The first-order valence-electron chi connectivity index (χ1n) is 9.42. The minimum Gasteiger partial charge on any atom is -0.336 e. The van der Waals surface area contributed by atoms with E-state index in [1.807, 2.05) is 6.92 Å². The van der Waals surface area contributed by atoms with Crippen LogP contribution in [0.1, 0.15) is 66.4 Å². The molecule has 2 aliphatic rings. The summed E-state index contributed by atoms with van der Waals surface area (Å²) in [5.74, 6) is 8.79. The third-order valence-electron chi connectivity index (χ3n) is 5.48. The fraction of sp³-hybridized carbons (Fsp3) is 0.556. The first-order chi connectivity index (χ1) is 13.0. The van der Waals surface area contributed by atoms with Crippen molar-refractivity contribution in [1.29, 1.82) is 0 Å². The number of rotatable bonds is 4. The second-order valence-corrected chi connectivity index (χ2v) is 10.1. The zero-order valence-electron chi connectivity index (χ0n) is 15.4. The molecule has 3 N–H and O–H groups in total. The molecule has 0 saturated heterocycles. The number of nitrogens with two attached hydrogens (primary N) is 1. The van der Waals surface area contributed by atoms with Crippen molar-refractivity contribution in [1.82, 2.24) is 24.8 Å². The van der Waals surface area contributed by atoms with E-state index in [0.717, 1.165) is 48.1 Å². The van der Waals surface area contributed by atoms with Crippen LogP contribution in [-0.4, -0.2) is 24.8 Å². The molecule has 0 aliphatic heterocycles. The van der Waals surface area contributed by atoms with E-state index in [1.54, 1.807) is 16.0 Å². The minimum atomic E-state index is -0.0706. The van der Waals surface area contributed by atoms with Gasteiger partial charge in [0, 0.05) is 10.8 Å². The molecule has 0 aromatic carbocycles. The highest BCUT2D eigenvalue weighted by Gasteiger charge is 2.30. The number of nitrogens with zero attached hydrogens (tertiary/aromatic N) is 4. The first kappa shape index (κ1) is 17.2. The van der Waals surface area contributed by atoms with Crippen molar-refractivity contribution in [2.45, 2.75) is 62.3 Å². The molecule has 142 valence electrons. The van der Waals surface area contributed by atoms with E-state index in [-0.39, 0.29) is 10.8 Å². The van der Waals surface area contributed by atoms with Crippen molar-refractivity contribution < 1.29 is 0 Å². The molecule has 3 aromatic heterocycles. The summed E-state index contributed by atoms with van der Waals surface area (Å²) < 4.78 is 1.58. The highest BCUT2D eigenvalue weighted by atomic mass is 32.2. The first-order valence-corrected chi connectivity index (χ1v) is 11.1. The van der Waals surface area contributed by atoms with Crippen LogP contribution in [0.3, 0.4) is 0 Å². The maximum atomic E-state index is 12.8. The van der Waals surface area contributed by atoms with Gasteiger partial charge in [0.15, 0.2) is 5.82 Å². The highest BCUT2D eigenvalue weighted by Crippen LogP contribution is 2.41. The molecular weight excluding hydrogens is 380 g/mol. The average Bonchev–Trinajstić information content (AvgIpc) is 3.31. The number of thiophene rings is 1. The van der Waals surface area contributed by atoms with E-state index in [9.17, 15) is 4.79 Å². The van der Waals surface area contributed by atoms with E-state index < -0.39 is 0 Å². The van der Waals surface area contributed by atoms with Crippen LogP contribution in [0.25, 0.3) is 10.2 Å². The molecule has 1 saturated carbocycles. The van der Waals surface area contributed by atoms with Crippen molar-refractivity contribution in [2.24, 2.45) is 5.92 Å². The van der Waals surface area contributed by atoms with Gasteiger partial charge in [0.25, 0.3) is 5.56 Å². The van der Waals surface area contributed by atoms with Crippen LogP contribution < -0.4 is 11.4 Å². The lowest BCUT2D eigenvalue weighted by atomic mass is 9.89. The Bertz CT molecular complexity index is 1080. The molecule has 5 rings (SSSR count). The van der Waals surface area contributed by atoms with E-state index >= 15 is 0 Å². The predicted octanol–water partition coefficient (Wildman–Crippen LogP) is 3.15. The van der Waals surface area contributed by atoms with Gasteiger partial charge < -0.3 is 10.8 Å². The second kappa shape index (κ2) is 6.34. The van der Waals surface area contributed by atoms with E-state index in [4.69, 9.17) is 10.8 Å². The molecule has 0 radical (unpaired) electrons. The van der Waals surface area contributed by atoms with Gasteiger partial charge in [-0.25, -0.2) is 9.66 Å². The molecule has 7 nitrogen and oxygen atoms in total. The smallest absolute Gasteiger partial charge is 0.259 e. The lowest BCUT2D eigenvalue weighted by molar-refractivity contribution is 0.509. The quantitative estimate of drug-likeness (QED) is 0.513. The van der Waals surface area contributed by atoms with Gasteiger partial charge in [-0.15, -0.1) is 21.5 Å². The number of aromatic nitrogens is 5. The Morgan fingerprint density at radius 1 is 1.33 bits per heavy atom. The van der Waals surface area contributed by atoms with Crippen LogP contribution in [0.5, 0.6) is 0 Å². The summed E-state index contributed by atoms with van der Waals surface area (Å²) in [6.07, 6.45) is 5.42. The lowest BCUT2D eigenvalue weighted by Gasteiger charge is -2.17. The van der Waals surface area contributed by atoms with Gasteiger partial charge >= 0.3 is 0 Å². The minimum absolute atomic E-state index is 0.0256. The van der Waals surface area contributed by atoms with E-state index in [2.05, 4.69) is 22.1 Å². The molecule has 2 atom stereocenters. The molecular formula is C18H22N6OS2. The van der Waals surface area contributed by atoms with Gasteiger partial charge in [-0.3, -0.25) is 4.79 Å². The topological polar surface area (TPSA) is 102 Å². The van der Waals surface area contributed by atoms with Gasteiger partial charge in [-0.05, 0) is 50.5 Å². The van der Waals surface area contributed by atoms with Crippen LogP contribution in [-0.2, 0) is 12.8 Å². The van der Waals surface area contributed by atoms with Crippen LogP contribution in [0.15, 0.2) is 9.95 Å². The van der Waals surface area contributed by atoms with Crippen LogP contribution in [0, 0.1) is 5.92 Å². The van der Waals surface area contributed by atoms with Crippen molar-refractivity contribution in [3.05, 3.63) is 32.4 Å². The molecule has 0 spiro atoms. The van der Waals surface area contributed by atoms with Gasteiger partial charge in [-0.2, -0.15) is 0 Å². The maximum absolute atomic E-state index is 12.8. The number of hydrogen-bond acceptors (Lipinski definition) is 7. The van der Waals surface area contributed by atoms with Crippen molar-refractivity contribution >= 4 is 33.3 Å². The highest BCUT2D eigenvalue weighted by molar-refractivity contribution is 7.99. The van der Waals surface area contributed by atoms with Crippen LogP contribution >= 0.6 is 23.1 Å². The van der Waals surface area contributed by atoms with Crippen molar-refractivity contribution in [3.8, 4) is 0 Å². The largest absolute Gasteiger partial charge is 0.336 e. The van der Waals surface area contributed by atoms with Gasteiger partial charge in [0.1, 0.15) is 10.7 Å². The SMILES string of the molecule is C[C@H]1CCc2c(sc3nc([C@H](C)Sc4nnc(C5CC5)n4N)[nH]c(=O)c23)C1. The van der Waals surface area contributed by atoms with Crippen LogP contribution in [0.2, 0.25) is 0 Å². The summed E-state index contributed by atoms with van der Waals surface area (Å²) in [6, 6.07) is 0. The Balaban J connectivity index is 1.47. The predicted molar refractivity (Wildman–Crippen MR) is 108 cm³/mol. The fourth-order valence-corrected chi connectivity index (χ4v) is 5.99.